The fourth-order valence-electron chi connectivity index (χ4n) is 0.778. The normalized spacial score (nSPS) is 12.8. The zero-order valence-corrected chi connectivity index (χ0v) is 7.64. The van der Waals surface area contributed by atoms with Gasteiger partial charge in [0.05, 0.1) is 0 Å². The van der Waals surface area contributed by atoms with Crippen LogP contribution in [0, 0.1) is 0 Å². The molecule has 0 unspecified atom stereocenters. The molecule has 2 N–H and O–H groups in total. The fraction of sp³-hybridized carbons (Fsp3) is 0.143. The molecule has 1 aromatic rings. The van der Waals surface area contributed by atoms with E-state index in [2.05, 4.69) is 0 Å². The first-order chi connectivity index (χ1) is 6.33. The lowest BCUT2D eigenvalue weighted by Crippen LogP contribution is -2.84. The van der Waals surface area contributed by atoms with Gasteiger partial charge in [-0.05, 0) is 0 Å². The molecule has 0 radical (unpaired) electrons. The van der Waals surface area contributed by atoms with Crippen molar-refractivity contribution < 1.29 is 26.3 Å². The van der Waals surface area contributed by atoms with E-state index in [1.165, 1.54) is 24.3 Å². The molecule has 78 valence electrons. The zero-order chi connectivity index (χ0) is 10.8. The van der Waals surface area contributed by atoms with Crippen molar-refractivity contribution in [3.05, 3.63) is 30.3 Å². The Morgan fingerprint density at radius 3 is 2.00 bits per heavy atom. The largest absolute Gasteiger partial charge is 0.549 e. The molecule has 0 saturated heterocycles. The number of benzene rings is 1. The number of hydrogen-bond acceptors (Lipinski definition) is 2. The highest BCUT2D eigenvalue weighted by Crippen LogP contribution is 2.19. The number of quaternary nitrogens is 1. The molecule has 0 aromatic heterocycles. The van der Waals surface area contributed by atoms with Gasteiger partial charge in [0.15, 0.2) is 0 Å². The molecule has 0 bridgehead atoms. The predicted octanol–water partition coefficient (Wildman–Crippen LogP) is 0.731. The van der Waals surface area contributed by atoms with Crippen LogP contribution in [0.3, 0.4) is 0 Å². The van der Waals surface area contributed by atoms with Gasteiger partial charge in [-0.15, -0.1) is 0 Å². The lowest BCUT2D eigenvalue weighted by Gasteiger charge is -2.04. The van der Waals surface area contributed by atoms with Crippen LogP contribution in [0.2, 0.25) is 0 Å². The van der Waals surface area contributed by atoms with Crippen LogP contribution >= 0.6 is 0 Å². The van der Waals surface area contributed by atoms with Crippen LogP contribution in [-0.2, 0) is 10.0 Å². The Labute approximate surface area is 78.6 Å². The van der Waals surface area contributed by atoms with Crippen molar-refractivity contribution in [3.8, 4) is 0 Å². The fourth-order valence-corrected chi connectivity index (χ4v) is 1.43. The van der Waals surface area contributed by atoms with E-state index in [1.54, 1.807) is 6.07 Å². The minimum atomic E-state index is -5.23. The molecule has 1 rings (SSSR count). The highest BCUT2D eigenvalue weighted by Gasteiger charge is 2.49. The molecule has 0 aliphatic carbocycles. The molecule has 14 heavy (non-hydrogen) atoms. The second-order valence-corrected chi connectivity index (χ2v) is 4.31. The summed E-state index contributed by atoms with van der Waals surface area (Å²) >= 11 is 0. The van der Waals surface area contributed by atoms with Crippen molar-refractivity contribution in [2.45, 2.75) is 5.51 Å². The quantitative estimate of drug-likeness (QED) is 0.756. The second-order valence-electron chi connectivity index (χ2n) is 2.52. The second kappa shape index (κ2) is 3.58. The maximum Gasteiger partial charge on any atom is 0.549 e. The molecule has 0 fully saturated rings. The third-order valence-electron chi connectivity index (χ3n) is 1.41. The number of nitrogens with two attached hydrogens (primary N) is 1. The lowest BCUT2D eigenvalue weighted by atomic mass is 10.3. The predicted molar refractivity (Wildman–Crippen MR) is 43.0 cm³/mol. The van der Waals surface area contributed by atoms with Gasteiger partial charge in [-0.1, -0.05) is 18.2 Å². The van der Waals surface area contributed by atoms with Crippen LogP contribution in [-0.4, -0.2) is 13.9 Å². The molecule has 7 heteroatoms. The summed E-state index contributed by atoms with van der Waals surface area (Å²) in [7, 11) is -5.18. The average molecular weight is 226 g/mol. The van der Waals surface area contributed by atoms with Crippen molar-refractivity contribution in [1.82, 2.24) is 0 Å². The van der Waals surface area contributed by atoms with Gasteiger partial charge < -0.3 is 0 Å². The van der Waals surface area contributed by atoms with Gasteiger partial charge in [0.1, 0.15) is 5.69 Å². The Balaban J connectivity index is 2.91. The van der Waals surface area contributed by atoms with Gasteiger partial charge in [0.2, 0.25) is 0 Å². The van der Waals surface area contributed by atoms with Crippen LogP contribution in [0.4, 0.5) is 18.9 Å². The molecule has 0 atom stereocenters. The topological polar surface area (TPSA) is 50.8 Å². The molecular formula is C7H7F3NO2S+. The summed E-state index contributed by atoms with van der Waals surface area (Å²) in [6.07, 6.45) is 0. The first-order valence-electron chi connectivity index (χ1n) is 3.54. The third-order valence-corrected chi connectivity index (χ3v) is 2.64. The maximum absolute atomic E-state index is 11.9. The molecule has 0 aliphatic heterocycles. The van der Waals surface area contributed by atoms with E-state index in [1.807, 2.05) is 0 Å². The van der Waals surface area contributed by atoms with Crippen molar-refractivity contribution >= 4 is 15.7 Å². The van der Waals surface area contributed by atoms with E-state index in [9.17, 15) is 21.6 Å². The summed E-state index contributed by atoms with van der Waals surface area (Å²) in [5, 5.41) is 0. The SMILES string of the molecule is O=S(=O)([NH2+]c1ccccc1)C(F)(F)F. The first-order valence-corrected chi connectivity index (χ1v) is 5.09. The van der Waals surface area contributed by atoms with E-state index in [4.69, 9.17) is 0 Å². The summed E-state index contributed by atoms with van der Waals surface area (Å²) in [6, 6.07) is 7.06. The Bertz CT molecular complexity index is 399. The summed E-state index contributed by atoms with van der Waals surface area (Å²) in [4.78, 5) is 0. The molecule has 3 nitrogen and oxygen atoms in total. The van der Waals surface area contributed by atoms with Gasteiger partial charge in [0, 0.05) is 12.1 Å². The number of sulfonamides is 1. The number of halogens is 3. The Kier molecular flexibility index (Phi) is 2.81. The summed E-state index contributed by atoms with van der Waals surface area (Å²) in [6.45, 7) is 0. The average Bonchev–Trinajstić information content (AvgIpc) is 2.03. The smallest absolute Gasteiger partial charge is 0.201 e. The number of hydrogen-bond donors (Lipinski definition) is 1. The molecule has 0 heterocycles. The van der Waals surface area contributed by atoms with Gasteiger partial charge in [0.25, 0.3) is 0 Å². The number of primary sulfonamides is 1. The van der Waals surface area contributed by atoms with Gasteiger partial charge >= 0.3 is 15.5 Å². The van der Waals surface area contributed by atoms with Crippen LogP contribution < -0.4 is 4.72 Å². The minimum Gasteiger partial charge on any atom is -0.201 e. The van der Waals surface area contributed by atoms with Gasteiger partial charge in [-0.3, -0.25) is 0 Å². The highest BCUT2D eigenvalue weighted by molar-refractivity contribution is 7.85. The lowest BCUT2D eigenvalue weighted by molar-refractivity contribution is -0.408. The maximum atomic E-state index is 11.9. The van der Waals surface area contributed by atoms with E-state index >= 15 is 0 Å². The Hall–Kier alpha value is -1.08. The van der Waals surface area contributed by atoms with E-state index in [0.717, 1.165) is 0 Å². The number of alkyl halides is 3. The molecule has 1 aromatic carbocycles. The molecular weight excluding hydrogens is 219 g/mol. The van der Waals surface area contributed by atoms with Gasteiger partial charge in [-0.2, -0.15) is 21.6 Å². The zero-order valence-electron chi connectivity index (χ0n) is 6.82. The third kappa shape index (κ3) is 2.46. The van der Waals surface area contributed by atoms with Crippen LogP contribution in [0.25, 0.3) is 0 Å². The molecule has 0 spiro atoms. The Morgan fingerprint density at radius 1 is 1.07 bits per heavy atom. The molecule has 0 saturated carbocycles. The van der Waals surface area contributed by atoms with E-state index in [-0.39, 0.29) is 10.4 Å². The first kappa shape index (κ1) is 11.0. The Morgan fingerprint density at radius 2 is 1.57 bits per heavy atom. The van der Waals surface area contributed by atoms with Crippen LogP contribution in [0.1, 0.15) is 0 Å². The summed E-state index contributed by atoms with van der Waals surface area (Å²) < 4.78 is 57.2. The highest BCUT2D eigenvalue weighted by atomic mass is 32.2. The summed E-state index contributed by atoms with van der Waals surface area (Å²) in [5.41, 5.74) is -5.23. The molecule has 0 amide bonds. The van der Waals surface area contributed by atoms with Crippen molar-refractivity contribution in [3.63, 3.8) is 0 Å². The minimum absolute atomic E-state index is 0.00447. The standard InChI is InChI=1S/C7H6F3NO2S/c8-7(9,10)14(12,13)11-6-4-2-1-3-5-6/h1-5,11H/p+1. The van der Waals surface area contributed by atoms with Crippen molar-refractivity contribution in [2.24, 2.45) is 0 Å². The van der Waals surface area contributed by atoms with Crippen LogP contribution in [0.15, 0.2) is 30.3 Å². The van der Waals surface area contributed by atoms with E-state index in [0.29, 0.717) is 0 Å². The van der Waals surface area contributed by atoms with Crippen LogP contribution in [0.5, 0.6) is 0 Å². The summed E-state index contributed by atoms with van der Waals surface area (Å²) in [5.74, 6) is 0. The van der Waals surface area contributed by atoms with Crippen molar-refractivity contribution in [2.75, 3.05) is 0 Å². The van der Waals surface area contributed by atoms with E-state index < -0.39 is 15.5 Å². The molecule has 0 aliphatic rings. The number of rotatable bonds is 2. The monoisotopic (exact) mass is 226 g/mol. The van der Waals surface area contributed by atoms with Crippen molar-refractivity contribution in [1.29, 1.82) is 0 Å². The van der Waals surface area contributed by atoms with Gasteiger partial charge in [-0.25, -0.2) is 4.72 Å².